The Hall–Kier alpha value is -2.12. The first kappa shape index (κ1) is 18.7. The molecule has 1 atom stereocenters. The minimum Gasteiger partial charge on any atom is -0.315 e. The number of benzene rings is 1. The molecule has 7 heteroatoms. The molecule has 0 N–H and O–H groups in total. The summed E-state index contributed by atoms with van der Waals surface area (Å²) in [5, 5.41) is 0.878. The van der Waals surface area contributed by atoms with Gasteiger partial charge in [0.15, 0.2) is 5.16 Å². The van der Waals surface area contributed by atoms with Crippen molar-refractivity contribution in [1.29, 1.82) is 0 Å². The van der Waals surface area contributed by atoms with Gasteiger partial charge < -0.3 is 4.90 Å². The number of fused-ring (bicyclic) bond motifs is 1. The van der Waals surface area contributed by atoms with E-state index in [4.69, 9.17) is 0 Å². The molecule has 3 rings (SSSR count). The van der Waals surface area contributed by atoms with Crippen LogP contribution in [0.15, 0.2) is 40.3 Å². The zero-order valence-electron chi connectivity index (χ0n) is 15.4. The van der Waals surface area contributed by atoms with Gasteiger partial charge in [0.2, 0.25) is 5.91 Å². The molecule has 0 fully saturated rings. The molecule has 0 aliphatic carbocycles. The van der Waals surface area contributed by atoms with Gasteiger partial charge >= 0.3 is 0 Å². The standard InChI is InChI=1S/C19H21N3O2S2/c1-11-12(2)25-16-15(11)18(24)22(5)19(20-16)26-13(3)17(23)21(4)14-9-7-6-8-10-14/h6-10,13H,1-5H3. The van der Waals surface area contributed by atoms with Crippen molar-refractivity contribution >= 4 is 44.9 Å². The summed E-state index contributed by atoms with van der Waals surface area (Å²) < 4.78 is 1.54. The number of anilines is 1. The summed E-state index contributed by atoms with van der Waals surface area (Å²) in [4.78, 5) is 33.6. The predicted octanol–water partition coefficient (Wildman–Crippen LogP) is 3.76. The lowest BCUT2D eigenvalue weighted by molar-refractivity contribution is -0.117. The number of nitrogens with zero attached hydrogens (tertiary/aromatic N) is 3. The molecule has 0 aliphatic heterocycles. The monoisotopic (exact) mass is 387 g/mol. The Labute approximate surface area is 160 Å². The van der Waals surface area contributed by atoms with Gasteiger partial charge in [0.25, 0.3) is 5.56 Å². The van der Waals surface area contributed by atoms with Crippen molar-refractivity contribution in [3.05, 3.63) is 51.1 Å². The van der Waals surface area contributed by atoms with E-state index in [1.807, 2.05) is 51.1 Å². The van der Waals surface area contributed by atoms with Gasteiger partial charge in [-0.2, -0.15) is 0 Å². The quantitative estimate of drug-likeness (QED) is 0.505. The van der Waals surface area contributed by atoms with E-state index in [1.165, 1.54) is 23.1 Å². The molecule has 2 aromatic heterocycles. The third-order valence-corrected chi connectivity index (χ3v) is 6.71. The maximum atomic E-state index is 12.8. The third-order valence-electron chi connectivity index (χ3n) is 4.47. The van der Waals surface area contributed by atoms with Crippen LogP contribution in [-0.2, 0) is 11.8 Å². The first-order chi connectivity index (χ1) is 12.3. The zero-order chi connectivity index (χ0) is 19.0. The lowest BCUT2D eigenvalue weighted by Gasteiger charge is -2.21. The lowest BCUT2D eigenvalue weighted by Crippen LogP contribution is -2.33. The molecule has 1 unspecified atom stereocenters. The van der Waals surface area contributed by atoms with Crippen LogP contribution in [0, 0.1) is 13.8 Å². The lowest BCUT2D eigenvalue weighted by atomic mass is 10.2. The molecular formula is C19H21N3O2S2. The molecule has 0 aliphatic rings. The largest absolute Gasteiger partial charge is 0.315 e. The molecule has 5 nitrogen and oxygen atoms in total. The zero-order valence-corrected chi connectivity index (χ0v) is 17.1. The second kappa shape index (κ2) is 7.25. The molecule has 2 heterocycles. The van der Waals surface area contributed by atoms with Crippen molar-refractivity contribution < 1.29 is 4.79 Å². The molecule has 1 aromatic carbocycles. The van der Waals surface area contributed by atoms with Gasteiger partial charge in [-0.25, -0.2) is 4.98 Å². The summed E-state index contributed by atoms with van der Waals surface area (Å²) >= 11 is 2.83. The van der Waals surface area contributed by atoms with Gasteiger partial charge in [-0.1, -0.05) is 30.0 Å². The van der Waals surface area contributed by atoms with Gasteiger partial charge in [-0.3, -0.25) is 14.2 Å². The summed E-state index contributed by atoms with van der Waals surface area (Å²) in [5.74, 6) is -0.0333. The highest BCUT2D eigenvalue weighted by Crippen LogP contribution is 2.30. The number of thiophene rings is 1. The van der Waals surface area contributed by atoms with E-state index in [2.05, 4.69) is 4.98 Å². The molecule has 1 amide bonds. The number of hydrogen-bond acceptors (Lipinski definition) is 5. The second-order valence-corrected chi connectivity index (χ2v) is 8.73. The van der Waals surface area contributed by atoms with Crippen LogP contribution in [-0.4, -0.2) is 27.8 Å². The molecule has 136 valence electrons. The number of carbonyl (C=O) groups excluding carboxylic acids is 1. The maximum Gasteiger partial charge on any atom is 0.262 e. The first-order valence-electron chi connectivity index (χ1n) is 8.27. The fraction of sp³-hybridized carbons (Fsp3) is 0.316. The highest BCUT2D eigenvalue weighted by Gasteiger charge is 2.23. The molecule has 0 spiro atoms. The van der Waals surface area contributed by atoms with Crippen LogP contribution in [0.25, 0.3) is 10.2 Å². The van der Waals surface area contributed by atoms with Crippen LogP contribution in [0.2, 0.25) is 0 Å². The van der Waals surface area contributed by atoms with E-state index in [9.17, 15) is 9.59 Å². The topological polar surface area (TPSA) is 55.2 Å². The minimum atomic E-state index is -0.363. The van der Waals surface area contributed by atoms with Crippen LogP contribution in [0.3, 0.4) is 0 Å². The van der Waals surface area contributed by atoms with Gasteiger partial charge in [-0.05, 0) is 38.5 Å². The van der Waals surface area contributed by atoms with Crippen LogP contribution in [0.4, 0.5) is 5.69 Å². The van der Waals surface area contributed by atoms with Crippen molar-refractivity contribution in [1.82, 2.24) is 9.55 Å². The first-order valence-corrected chi connectivity index (χ1v) is 9.97. The predicted molar refractivity (Wildman–Crippen MR) is 110 cm³/mol. The van der Waals surface area contributed by atoms with Crippen molar-refractivity contribution in [2.75, 3.05) is 11.9 Å². The molecule has 0 radical (unpaired) electrons. The van der Waals surface area contributed by atoms with Crippen LogP contribution < -0.4 is 10.5 Å². The van der Waals surface area contributed by atoms with Crippen LogP contribution >= 0.6 is 23.1 Å². The Morgan fingerprint density at radius 1 is 1.27 bits per heavy atom. The van der Waals surface area contributed by atoms with Gasteiger partial charge in [-0.15, -0.1) is 11.3 Å². The minimum absolute atomic E-state index is 0.0333. The summed E-state index contributed by atoms with van der Waals surface area (Å²) in [6.07, 6.45) is 0. The molecule has 0 saturated heterocycles. The fourth-order valence-corrected chi connectivity index (χ4v) is 4.76. The highest BCUT2D eigenvalue weighted by atomic mass is 32.2. The van der Waals surface area contributed by atoms with Gasteiger partial charge in [0, 0.05) is 24.7 Å². The fourth-order valence-electron chi connectivity index (χ4n) is 2.72. The van der Waals surface area contributed by atoms with Crippen LogP contribution in [0.1, 0.15) is 17.4 Å². The Morgan fingerprint density at radius 2 is 1.92 bits per heavy atom. The molecule has 3 aromatic rings. The van der Waals surface area contributed by atoms with E-state index in [1.54, 1.807) is 23.6 Å². The third kappa shape index (κ3) is 3.29. The summed E-state index contributed by atoms with van der Waals surface area (Å²) in [6, 6.07) is 9.51. The number of amides is 1. The van der Waals surface area contributed by atoms with E-state index in [0.29, 0.717) is 10.5 Å². The van der Waals surface area contributed by atoms with E-state index in [0.717, 1.165) is 21.0 Å². The number of rotatable bonds is 4. The number of aryl methyl sites for hydroxylation is 2. The van der Waals surface area contributed by atoms with E-state index >= 15 is 0 Å². The number of hydrogen-bond donors (Lipinski definition) is 0. The smallest absolute Gasteiger partial charge is 0.262 e. The van der Waals surface area contributed by atoms with Crippen molar-refractivity contribution in [3.63, 3.8) is 0 Å². The van der Waals surface area contributed by atoms with Crippen molar-refractivity contribution in [2.45, 2.75) is 31.2 Å². The Balaban J connectivity index is 1.90. The number of aromatic nitrogens is 2. The SMILES string of the molecule is Cc1sc2nc(SC(C)C(=O)N(C)c3ccccc3)n(C)c(=O)c2c1C. The Morgan fingerprint density at radius 3 is 2.58 bits per heavy atom. The summed E-state index contributed by atoms with van der Waals surface area (Å²) in [7, 11) is 3.47. The highest BCUT2D eigenvalue weighted by molar-refractivity contribution is 8.00. The normalized spacial score (nSPS) is 12.3. The summed E-state index contributed by atoms with van der Waals surface area (Å²) in [6.45, 7) is 5.79. The average Bonchev–Trinajstić information content (AvgIpc) is 2.92. The second-order valence-electron chi connectivity index (χ2n) is 6.21. The van der Waals surface area contributed by atoms with Crippen LogP contribution in [0.5, 0.6) is 0 Å². The van der Waals surface area contributed by atoms with E-state index in [-0.39, 0.29) is 16.7 Å². The van der Waals surface area contributed by atoms with Crippen molar-refractivity contribution in [3.8, 4) is 0 Å². The molecule has 0 bridgehead atoms. The molecule has 0 saturated carbocycles. The number of carbonyl (C=O) groups is 1. The average molecular weight is 388 g/mol. The van der Waals surface area contributed by atoms with Gasteiger partial charge in [0.05, 0.1) is 10.6 Å². The van der Waals surface area contributed by atoms with E-state index < -0.39 is 0 Å². The van der Waals surface area contributed by atoms with Crippen molar-refractivity contribution in [2.24, 2.45) is 7.05 Å². The molecular weight excluding hydrogens is 366 g/mol. The number of thioether (sulfide) groups is 1. The Bertz CT molecular complexity index is 1020. The summed E-state index contributed by atoms with van der Waals surface area (Å²) in [5.41, 5.74) is 1.77. The Kier molecular flexibility index (Phi) is 5.20. The maximum absolute atomic E-state index is 12.8. The number of para-hydroxylation sites is 1. The molecule has 26 heavy (non-hydrogen) atoms. The van der Waals surface area contributed by atoms with Gasteiger partial charge in [0.1, 0.15) is 4.83 Å².